The molecule has 2 nitrogen and oxygen atoms in total. The fourth-order valence-electron chi connectivity index (χ4n) is 1.40. The normalized spacial score (nSPS) is 12.5. The third-order valence-corrected chi connectivity index (χ3v) is 2.44. The van der Waals surface area contributed by atoms with Crippen molar-refractivity contribution in [3.05, 3.63) is 0 Å². The van der Waals surface area contributed by atoms with Crippen molar-refractivity contribution in [3.63, 3.8) is 0 Å². The van der Waals surface area contributed by atoms with Gasteiger partial charge in [-0.3, -0.25) is 4.99 Å². The van der Waals surface area contributed by atoms with Crippen molar-refractivity contribution in [2.45, 2.75) is 46.5 Å². The van der Waals surface area contributed by atoms with Gasteiger partial charge in [0.25, 0.3) is 0 Å². The van der Waals surface area contributed by atoms with Gasteiger partial charge in [0.05, 0.1) is 0 Å². The zero-order valence-electron chi connectivity index (χ0n) is 9.21. The maximum Gasteiger partial charge on any atom is 0.0448 e. The summed E-state index contributed by atoms with van der Waals surface area (Å²) in [7, 11) is 0. The highest BCUT2D eigenvalue weighted by Crippen LogP contribution is 2.13. The molecule has 0 aliphatic carbocycles. The molecule has 0 aromatic heterocycles. The fraction of sp³-hybridized carbons (Fsp3) is 0.909. The molecule has 0 aromatic carbocycles. The lowest BCUT2D eigenvalue weighted by atomic mass is 9.97. The Labute approximate surface area is 82.1 Å². The van der Waals surface area contributed by atoms with E-state index in [-0.39, 0.29) is 6.61 Å². The van der Waals surface area contributed by atoms with Gasteiger partial charge >= 0.3 is 0 Å². The summed E-state index contributed by atoms with van der Waals surface area (Å²) in [6.07, 6.45) is 4.39. The van der Waals surface area contributed by atoms with Crippen molar-refractivity contribution >= 4 is 5.71 Å². The van der Waals surface area contributed by atoms with Gasteiger partial charge in [0.15, 0.2) is 0 Å². The molecule has 0 unspecified atom stereocenters. The molecule has 0 aliphatic rings. The predicted molar refractivity (Wildman–Crippen MR) is 58.4 cm³/mol. The van der Waals surface area contributed by atoms with E-state index in [0.717, 1.165) is 25.3 Å². The van der Waals surface area contributed by atoms with Gasteiger partial charge in [-0.15, -0.1) is 0 Å². The molecule has 0 saturated carbocycles. The standard InChI is InChI=1S/C11H23NO/c1-4-11(5-2)9-10(3)12-7-6-8-13/h11,13H,4-9H2,1-3H3. The molecule has 0 rings (SSSR count). The molecule has 0 fully saturated rings. The van der Waals surface area contributed by atoms with Crippen LogP contribution in [0.4, 0.5) is 0 Å². The molecule has 0 heterocycles. The lowest BCUT2D eigenvalue weighted by molar-refractivity contribution is 0.291. The van der Waals surface area contributed by atoms with Crippen LogP contribution in [0.25, 0.3) is 0 Å². The van der Waals surface area contributed by atoms with Crippen molar-refractivity contribution in [1.29, 1.82) is 0 Å². The molecule has 0 saturated heterocycles. The van der Waals surface area contributed by atoms with Crippen LogP contribution in [-0.2, 0) is 0 Å². The molecule has 78 valence electrons. The first-order chi connectivity index (χ1) is 6.24. The summed E-state index contributed by atoms with van der Waals surface area (Å²) in [5.74, 6) is 0.790. The van der Waals surface area contributed by atoms with E-state index in [1.165, 1.54) is 18.6 Å². The Bertz CT molecular complexity index is 139. The predicted octanol–water partition coefficient (Wildman–Crippen LogP) is 2.66. The molecule has 0 aliphatic heterocycles. The number of nitrogens with zero attached hydrogens (tertiary/aromatic N) is 1. The van der Waals surface area contributed by atoms with Crippen LogP contribution in [0.2, 0.25) is 0 Å². The Kier molecular flexibility index (Phi) is 8.00. The maximum absolute atomic E-state index is 8.58. The first kappa shape index (κ1) is 12.6. The number of rotatable bonds is 7. The second-order valence-corrected chi connectivity index (χ2v) is 3.58. The topological polar surface area (TPSA) is 32.6 Å². The van der Waals surface area contributed by atoms with Gasteiger partial charge in [-0.25, -0.2) is 0 Å². The number of aliphatic hydroxyl groups excluding tert-OH is 1. The lowest BCUT2D eigenvalue weighted by Crippen LogP contribution is -2.04. The van der Waals surface area contributed by atoms with Gasteiger partial charge in [-0.05, 0) is 25.7 Å². The van der Waals surface area contributed by atoms with Gasteiger partial charge in [0.1, 0.15) is 0 Å². The van der Waals surface area contributed by atoms with Crippen LogP contribution in [0, 0.1) is 5.92 Å². The van der Waals surface area contributed by atoms with Gasteiger partial charge < -0.3 is 5.11 Å². The van der Waals surface area contributed by atoms with Crippen LogP contribution in [-0.4, -0.2) is 24.0 Å². The molecule has 13 heavy (non-hydrogen) atoms. The highest BCUT2D eigenvalue weighted by Gasteiger charge is 2.04. The van der Waals surface area contributed by atoms with Crippen LogP contribution < -0.4 is 0 Å². The molecular formula is C11H23NO. The Balaban J connectivity index is 3.69. The maximum atomic E-state index is 8.58. The van der Waals surface area contributed by atoms with Gasteiger partial charge in [0, 0.05) is 18.9 Å². The molecule has 1 N–H and O–H groups in total. The number of aliphatic hydroxyl groups is 1. The third kappa shape index (κ3) is 6.76. The second-order valence-electron chi connectivity index (χ2n) is 3.58. The molecule has 0 amide bonds. The molecule has 0 atom stereocenters. The lowest BCUT2D eigenvalue weighted by Gasteiger charge is -2.11. The van der Waals surface area contributed by atoms with E-state index in [9.17, 15) is 0 Å². The zero-order valence-corrected chi connectivity index (χ0v) is 9.21. The highest BCUT2D eigenvalue weighted by molar-refractivity contribution is 5.82. The highest BCUT2D eigenvalue weighted by atomic mass is 16.2. The zero-order chi connectivity index (χ0) is 10.1. The minimum atomic E-state index is 0.252. The third-order valence-electron chi connectivity index (χ3n) is 2.44. The molecule has 2 heteroatoms. The summed E-state index contributed by atoms with van der Waals surface area (Å²) in [5.41, 5.74) is 1.24. The summed E-state index contributed by atoms with van der Waals surface area (Å²) in [4.78, 5) is 4.41. The Morgan fingerprint density at radius 1 is 1.31 bits per heavy atom. The average Bonchev–Trinajstić information content (AvgIpc) is 2.14. The van der Waals surface area contributed by atoms with Crippen LogP contribution in [0.3, 0.4) is 0 Å². The minimum Gasteiger partial charge on any atom is -0.396 e. The molecule has 0 aromatic rings. The van der Waals surface area contributed by atoms with E-state index in [1.807, 2.05) is 0 Å². The minimum absolute atomic E-state index is 0.252. The van der Waals surface area contributed by atoms with Gasteiger partial charge in [0.2, 0.25) is 0 Å². The summed E-state index contributed by atoms with van der Waals surface area (Å²) in [6.45, 7) is 7.59. The summed E-state index contributed by atoms with van der Waals surface area (Å²) in [5, 5.41) is 8.58. The van der Waals surface area contributed by atoms with E-state index in [1.54, 1.807) is 0 Å². The summed E-state index contributed by atoms with van der Waals surface area (Å²) < 4.78 is 0. The molecule has 0 spiro atoms. The van der Waals surface area contributed by atoms with Gasteiger partial charge in [-0.2, -0.15) is 0 Å². The van der Waals surface area contributed by atoms with Crippen LogP contribution in [0.15, 0.2) is 4.99 Å². The van der Waals surface area contributed by atoms with Crippen molar-refractivity contribution in [1.82, 2.24) is 0 Å². The Morgan fingerprint density at radius 2 is 1.92 bits per heavy atom. The number of hydrogen-bond donors (Lipinski definition) is 1. The molecule has 0 radical (unpaired) electrons. The van der Waals surface area contributed by atoms with Crippen molar-refractivity contribution in [2.75, 3.05) is 13.2 Å². The van der Waals surface area contributed by atoms with Crippen LogP contribution in [0.1, 0.15) is 46.5 Å². The Morgan fingerprint density at radius 3 is 2.38 bits per heavy atom. The van der Waals surface area contributed by atoms with E-state index in [2.05, 4.69) is 25.8 Å². The average molecular weight is 185 g/mol. The van der Waals surface area contributed by atoms with E-state index < -0.39 is 0 Å². The molecule has 0 bridgehead atoms. The summed E-state index contributed by atoms with van der Waals surface area (Å²) >= 11 is 0. The van der Waals surface area contributed by atoms with Crippen molar-refractivity contribution in [3.8, 4) is 0 Å². The smallest absolute Gasteiger partial charge is 0.0448 e. The van der Waals surface area contributed by atoms with Gasteiger partial charge in [-0.1, -0.05) is 26.7 Å². The first-order valence-electron chi connectivity index (χ1n) is 5.35. The SMILES string of the molecule is CCC(CC)CC(C)=NCCCO. The fourth-order valence-corrected chi connectivity index (χ4v) is 1.40. The number of aliphatic imine (C=N–C) groups is 1. The monoisotopic (exact) mass is 185 g/mol. The Hall–Kier alpha value is -0.370. The van der Waals surface area contributed by atoms with Crippen molar-refractivity contribution in [2.24, 2.45) is 10.9 Å². The quantitative estimate of drug-likeness (QED) is 0.480. The van der Waals surface area contributed by atoms with E-state index in [0.29, 0.717) is 0 Å². The van der Waals surface area contributed by atoms with Crippen LogP contribution >= 0.6 is 0 Å². The largest absolute Gasteiger partial charge is 0.396 e. The van der Waals surface area contributed by atoms with Crippen LogP contribution in [0.5, 0.6) is 0 Å². The second kappa shape index (κ2) is 8.24. The number of hydrogen-bond acceptors (Lipinski definition) is 2. The van der Waals surface area contributed by atoms with Crippen molar-refractivity contribution < 1.29 is 5.11 Å². The summed E-state index contributed by atoms with van der Waals surface area (Å²) in [6, 6.07) is 0. The first-order valence-corrected chi connectivity index (χ1v) is 5.35. The van der Waals surface area contributed by atoms with E-state index in [4.69, 9.17) is 5.11 Å². The van der Waals surface area contributed by atoms with E-state index >= 15 is 0 Å². The molecular weight excluding hydrogens is 162 g/mol.